The molecule has 1 aliphatic heterocycles. The summed E-state index contributed by atoms with van der Waals surface area (Å²) in [6.45, 7) is 2.16. The van der Waals surface area contributed by atoms with Crippen LogP contribution in [0.5, 0.6) is 0 Å². The Morgan fingerprint density at radius 1 is 1.03 bits per heavy atom. The van der Waals surface area contributed by atoms with Gasteiger partial charge in [-0.05, 0) is 79.2 Å². The van der Waals surface area contributed by atoms with Gasteiger partial charge in [0, 0.05) is 40.1 Å². The number of benzene rings is 2. The lowest BCUT2D eigenvalue weighted by molar-refractivity contribution is 0.0515. The van der Waals surface area contributed by atoms with Crippen molar-refractivity contribution in [2.24, 2.45) is 0 Å². The fourth-order valence-electron chi connectivity index (χ4n) is 3.71. The van der Waals surface area contributed by atoms with Crippen molar-refractivity contribution in [3.8, 4) is 0 Å². The summed E-state index contributed by atoms with van der Waals surface area (Å²) in [6.07, 6.45) is 3.62. The molecule has 1 aromatic heterocycles. The molecule has 0 saturated carbocycles. The molecule has 0 aliphatic carbocycles. The first kappa shape index (κ1) is 23.3. The minimum atomic E-state index is -0.0633. The van der Waals surface area contributed by atoms with Gasteiger partial charge in [-0.15, -0.1) is 0 Å². The molecule has 1 aliphatic rings. The largest absolute Gasteiger partial charge is 0.381 e. The number of rotatable bonds is 6. The predicted molar refractivity (Wildman–Crippen MR) is 137 cm³/mol. The second-order valence-electron chi connectivity index (χ2n) is 7.65. The van der Waals surface area contributed by atoms with Gasteiger partial charge in [-0.25, -0.2) is 4.98 Å². The fourth-order valence-corrected chi connectivity index (χ4v) is 4.97. The molecule has 2 heterocycles. The van der Waals surface area contributed by atoms with Crippen molar-refractivity contribution in [3.63, 3.8) is 0 Å². The number of hydrogen-bond donors (Lipinski definition) is 2. The molecule has 0 atom stereocenters. The molecule has 2 N–H and O–H groups in total. The average Bonchev–Trinajstić information content (AvgIpc) is 2.81. The van der Waals surface area contributed by atoms with Crippen LogP contribution in [0.15, 0.2) is 76.8 Å². The standard InChI is InChI=1S/C24H23Cl2N3OS2/c25-18-4-7-21(8-5-18)32-22-9-6-20(15-27-22)29-23(31)28-16-24(10-12-30-13-11-24)17-2-1-3-19(26)14-17/h1-9,14-15H,10-13,16H2,(H2,28,29,31). The number of thiocarbonyl (C=S) groups is 1. The topological polar surface area (TPSA) is 46.2 Å². The number of anilines is 1. The van der Waals surface area contributed by atoms with Crippen LogP contribution in [0.2, 0.25) is 10.0 Å². The molecule has 3 aromatic rings. The molecule has 4 nitrogen and oxygen atoms in total. The van der Waals surface area contributed by atoms with Crippen molar-refractivity contribution in [2.45, 2.75) is 28.2 Å². The van der Waals surface area contributed by atoms with E-state index >= 15 is 0 Å². The van der Waals surface area contributed by atoms with E-state index in [9.17, 15) is 0 Å². The molecule has 2 aromatic carbocycles. The maximum atomic E-state index is 6.26. The molecule has 0 amide bonds. The van der Waals surface area contributed by atoms with Gasteiger partial charge in [0.25, 0.3) is 0 Å². The zero-order valence-electron chi connectivity index (χ0n) is 17.3. The highest BCUT2D eigenvalue weighted by Crippen LogP contribution is 2.35. The van der Waals surface area contributed by atoms with E-state index in [0.29, 0.717) is 11.7 Å². The van der Waals surface area contributed by atoms with Crippen molar-refractivity contribution in [3.05, 3.63) is 82.5 Å². The van der Waals surface area contributed by atoms with Gasteiger partial charge in [-0.1, -0.05) is 47.1 Å². The molecule has 0 spiro atoms. The first-order valence-corrected chi connectivity index (χ1v) is 12.3. The maximum Gasteiger partial charge on any atom is 0.170 e. The molecule has 1 saturated heterocycles. The van der Waals surface area contributed by atoms with E-state index in [2.05, 4.69) is 21.7 Å². The SMILES string of the molecule is S=C(NCC1(c2cccc(Cl)c2)CCOCC1)Nc1ccc(Sc2ccc(Cl)cc2)nc1. The average molecular weight is 505 g/mol. The van der Waals surface area contributed by atoms with Gasteiger partial charge in [-0.2, -0.15) is 0 Å². The molecular formula is C24H23Cl2N3OS2. The van der Waals surface area contributed by atoms with E-state index in [4.69, 9.17) is 40.2 Å². The van der Waals surface area contributed by atoms with Gasteiger partial charge in [0.2, 0.25) is 0 Å². The first-order chi connectivity index (χ1) is 15.5. The first-order valence-electron chi connectivity index (χ1n) is 10.3. The zero-order valence-corrected chi connectivity index (χ0v) is 20.5. The Kier molecular flexibility index (Phi) is 7.92. The minimum Gasteiger partial charge on any atom is -0.381 e. The number of pyridine rings is 1. The van der Waals surface area contributed by atoms with Gasteiger partial charge in [0.15, 0.2) is 5.11 Å². The Morgan fingerprint density at radius 2 is 1.81 bits per heavy atom. The Labute approximate surface area is 208 Å². The molecule has 8 heteroatoms. The van der Waals surface area contributed by atoms with Crippen LogP contribution in [0.25, 0.3) is 0 Å². The summed E-state index contributed by atoms with van der Waals surface area (Å²) in [5.74, 6) is 0. The van der Waals surface area contributed by atoms with Crippen molar-refractivity contribution in [1.29, 1.82) is 0 Å². The highest BCUT2D eigenvalue weighted by atomic mass is 35.5. The summed E-state index contributed by atoms with van der Waals surface area (Å²) >= 11 is 19.3. The van der Waals surface area contributed by atoms with Crippen LogP contribution in [0.4, 0.5) is 5.69 Å². The molecule has 1 fully saturated rings. The summed E-state index contributed by atoms with van der Waals surface area (Å²) in [7, 11) is 0. The summed E-state index contributed by atoms with van der Waals surface area (Å²) in [5, 5.41) is 9.57. The lowest BCUT2D eigenvalue weighted by atomic mass is 9.74. The summed E-state index contributed by atoms with van der Waals surface area (Å²) in [5.41, 5.74) is 1.99. The molecule has 0 radical (unpaired) electrons. The highest BCUT2D eigenvalue weighted by Gasteiger charge is 2.34. The van der Waals surface area contributed by atoms with E-state index in [1.54, 1.807) is 18.0 Å². The number of nitrogens with one attached hydrogen (secondary N) is 2. The highest BCUT2D eigenvalue weighted by molar-refractivity contribution is 7.99. The number of ether oxygens (including phenoxy) is 1. The molecule has 0 bridgehead atoms. The third-order valence-electron chi connectivity index (χ3n) is 5.50. The van der Waals surface area contributed by atoms with E-state index in [1.165, 1.54) is 5.56 Å². The number of aromatic nitrogens is 1. The van der Waals surface area contributed by atoms with Crippen molar-refractivity contribution in [2.75, 3.05) is 25.1 Å². The van der Waals surface area contributed by atoms with E-state index in [0.717, 1.165) is 51.7 Å². The van der Waals surface area contributed by atoms with Gasteiger partial charge in [0.05, 0.1) is 11.9 Å². The lowest BCUT2D eigenvalue weighted by Crippen LogP contribution is -2.45. The quantitative estimate of drug-likeness (QED) is 0.370. The van der Waals surface area contributed by atoms with E-state index in [-0.39, 0.29) is 5.41 Å². The molecule has 166 valence electrons. The van der Waals surface area contributed by atoms with Crippen LogP contribution in [0.1, 0.15) is 18.4 Å². The Bertz CT molecular complexity index is 1060. The van der Waals surface area contributed by atoms with Gasteiger partial charge < -0.3 is 15.4 Å². The number of hydrogen-bond acceptors (Lipinski definition) is 4. The maximum absolute atomic E-state index is 6.26. The number of halogens is 2. The third-order valence-corrected chi connectivity index (χ3v) is 7.20. The zero-order chi connectivity index (χ0) is 22.4. The van der Waals surface area contributed by atoms with Crippen LogP contribution in [-0.2, 0) is 10.2 Å². The minimum absolute atomic E-state index is 0.0633. The van der Waals surface area contributed by atoms with Gasteiger partial charge >= 0.3 is 0 Å². The van der Waals surface area contributed by atoms with E-state index < -0.39 is 0 Å². The Balaban J connectivity index is 1.35. The lowest BCUT2D eigenvalue weighted by Gasteiger charge is -2.38. The second kappa shape index (κ2) is 10.9. The summed E-state index contributed by atoms with van der Waals surface area (Å²) < 4.78 is 5.61. The van der Waals surface area contributed by atoms with Gasteiger partial charge in [-0.3, -0.25) is 0 Å². The molecule has 32 heavy (non-hydrogen) atoms. The normalized spacial score (nSPS) is 15.2. The van der Waals surface area contributed by atoms with Crippen LogP contribution < -0.4 is 10.6 Å². The second-order valence-corrected chi connectivity index (χ2v) is 10.0. The van der Waals surface area contributed by atoms with E-state index in [1.807, 2.05) is 54.6 Å². The van der Waals surface area contributed by atoms with Crippen LogP contribution >= 0.6 is 47.2 Å². The molecule has 0 unspecified atom stereocenters. The number of nitrogens with zero attached hydrogens (tertiary/aromatic N) is 1. The monoisotopic (exact) mass is 503 g/mol. The molecular weight excluding hydrogens is 481 g/mol. The summed E-state index contributed by atoms with van der Waals surface area (Å²) in [6, 6.07) is 19.7. The smallest absolute Gasteiger partial charge is 0.170 e. The Hall–Kier alpha value is -1.83. The summed E-state index contributed by atoms with van der Waals surface area (Å²) in [4.78, 5) is 5.60. The third kappa shape index (κ3) is 6.15. The Morgan fingerprint density at radius 3 is 2.50 bits per heavy atom. The van der Waals surface area contributed by atoms with Crippen molar-refractivity contribution >= 4 is 58.0 Å². The van der Waals surface area contributed by atoms with Gasteiger partial charge in [0.1, 0.15) is 5.03 Å². The van der Waals surface area contributed by atoms with Crippen LogP contribution in [-0.4, -0.2) is 29.9 Å². The fraction of sp³-hybridized carbons (Fsp3) is 0.250. The van der Waals surface area contributed by atoms with Crippen LogP contribution in [0, 0.1) is 0 Å². The van der Waals surface area contributed by atoms with Crippen LogP contribution in [0.3, 0.4) is 0 Å². The predicted octanol–water partition coefficient (Wildman–Crippen LogP) is 6.57. The molecule has 4 rings (SSSR count). The van der Waals surface area contributed by atoms with Crippen molar-refractivity contribution < 1.29 is 4.74 Å². The van der Waals surface area contributed by atoms with Crippen molar-refractivity contribution in [1.82, 2.24) is 10.3 Å².